The second-order valence-corrected chi connectivity index (χ2v) is 3.30. The third-order valence-electron chi connectivity index (χ3n) is 1.85. The Morgan fingerprint density at radius 2 is 2.13 bits per heavy atom. The highest BCUT2D eigenvalue weighted by Gasteiger charge is 2.07. The summed E-state index contributed by atoms with van der Waals surface area (Å²) in [5.74, 6) is -0.109. The summed E-state index contributed by atoms with van der Waals surface area (Å²) in [6, 6.07) is 5.97. The van der Waals surface area contributed by atoms with Gasteiger partial charge in [-0.25, -0.2) is 14.4 Å². The Hall–Kier alpha value is -1.68. The molecule has 0 fully saturated rings. The normalized spacial score (nSPS) is 10.3. The van der Waals surface area contributed by atoms with Crippen LogP contribution in [0.2, 0.25) is 5.15 Å². The van der Waals surface area contributed by atoms with E-state index < -0.39 is 0 Å². The van der Waals surface area contributed by atoms with Crippen LogP contribution in [0.3, 0.4) is 0 Å². The van der Waals surface area contributed by atoms with Gasteiger partial charge in [0.05, 0.1) is 6.20 Å². The molecule has 0 radical (unpaired) electrons. The number of anilines is 1. The molecule has 0 unspecified atom stereocenters. The van der Waals surface area contributed by atoms with Gasteiger partial charge in [-0.2, -0.15) is 0 Å². The highest BCUT2D eigenvalue weighted by Crippen LogP contribution is 2.24. The zero-order chi connectivity index (χ0) is 10.8. The van der Waals surface area contributed by atoms with Crippen LogP contribution in [-0.4, -0.2) is 9.97 Å². The van der Waals surface area contributed by atoms with Crippen LogP contribution in [0.25, 0.3) is 11.3 Å². The molecule has 0 atom stereocenters. The van der Waals surface area contributed by atoms with Gasteiger partial charge in [0.25, 0.3) is 0 Å². The Balaban J connectivity index is 2.54. The molecule has 0 aliphatic carbocycles. The fourth-order valence-corrected chi connectivity index (χ4v) is 1.46. The Morgan fingerprint density at radius 1 is 1.33 bits per heavy atom. The molecule has 1 heterocycles. The van der Waals surface area contributed by atoms with E-state index in [2.05, 4.69) is 9.97 Å². The lowest BCUT2D eigenvalue weighted by atomic mass is 10.1. The second-order valence-electron chi connectivity index (χ2n) is 2.94. The summed E-state index contributed by atoms with van der Waals surface area (Å²) in [4.78, 5) is 7.84. The van der Waals surface area contributed by atoms with E-state index in [9.17, 15) is 4.39 Å². The number of rotatable bonds is 1. The van der Waals surface area contributed by atoms with E-state index >= 15 is 0 Å². The average molecular weight is 224 g/mol. The zero-order valence-corrected chi connectivity index (χ0v) is 8.37. The SMILES string of the molecule is Nc1cnc(-c2cccc(F)c2)c(Cl)n1. The Kier molecular flexibility index (Phi) is 2.51. The van der Waals surface area contributed by atoms with Crippen LogP contribution >= 0.6 is 11.6 Å². The van der Waals surface area contributed by atoms with Crippen molar-refractivity contribution in [1.82, 2.24) is 9.97 Å². The molecular weight excluding hydrogens is 217 g/mol. The van der Waals surface area contributed by atoms with Gasteiger partial charge < -0.3 is 5.73 Å². The van der Waals surface area contributed by atoms with Gasteiger partial charge in [-0.1, -0.05) is 23.7 Å². The summed E-state index contributed by atoms with van der Waals surface area (Å²) >= 11 is 5.84. The van der Waals surface area contributed by atoms with Crippen molar-refractivity contribution in [1.29, 1.82) is 0 Å². The standard InChI is InChI=1S/C10H7ClFN3/c11-10-9(14-5-8(13)15-10)6-2-1-3-7(12)4-6/h1-5H,(H2,13,15). The number of benzene rings is 1. The lowest BCUT2D eigenvalue weighted by molar-refractivity contribution is 0.628. The Labute approximate surface area is 90.7 Å². The highest BCUT2D eigenvalue weighted by atomic mass is 35.5. The van der Waals surface area contributed by atoms with E-state index in [0.717, 1.165) is 0 Å². The van der Waals surface area contributed by atoms with Crippen molar-refractivity contribution in [3.8, 4) is 11.3 Å². The number of aromatic nitrogens is 2. The topological polar surface area (TPSA) is 51.8 Å². The van der Waals surface area contributed by atoms with Crippen molar-refractivity contribution >= 4 is 17.4 Å². The predicted octanol–water partition coefficient (Wildman–Crippen LogP) is 2.52. The molecule has 76 valence electrons. The van der Waals surface area contributed by atoms with Crippen LogP contribution in [0, 0.1) is 5.82 Å². The van der Waals surface area contributed by atoms with Gasteiger partial charge >= 0.3 is 0 Å². The van der Waals surface area contributed by atoms with E-state index in [0.29, 0.717) is 11.3 Å². The maximum atomic E-state index is 12.9. The minimum atomic E-state index is -0.345. The lowest BCUT2D eigenvalue weighted by Crippen LogP contribution is -1.95. The summed E-state index contributed by atoms with van der Waals surface area (Å²) in [5.41, 5.74) is 6.40. The summed E-state index contributed by atoms with van der Waals surface area (Å²) in [6.45, 7) is 0. The lowest BCUT2D eigenvalue weighted by Gasteiger charge is -2.03. The molecule has 2 N–H and O–H groups in total. The molecule has 0 saturated heterocycles. The molecule has 1 aromatic heterocycles. The summed E-state index contributed by atoms with van der Waals surface area (Å²) in [5, 5.41) is 0.167. The quantitative estimate of drug-likeness (QED) is 0.808. The number of hydrogen-bond acceptors (Lipinski definition) is 3. The van der Waals surface area contributed by atoms with E-state index in [1.165, 1.54) is 18.3 Å². The molecule has 15 heavy (non-hydrogen) atoms. The molecule has 2 rings (SSSR count). The number of halogens is 2. The third-order valence-corrected chi connectivity index (χ3v) is 2.11. The summed E-state index contributed by atoms with van der Waals surface area (Å²) in [6.07, 6.45) is 1.38. The van der Waals surface area contributed by atoms with E-state index in [1.807, 2.05) is 0 Å². The first-order chi connectivity index (χ1) is 7.16. The molecule has 1 aromatic carbocycles. The maximum absolute atomic E-state index is 12.9. The van der Waals surface area contributed by atoms with Crippen molar-refractivity contribution in [2.24, 2.45) is 0 Å². The van der Waals surface area contributed by atoms with Gasteiger partial charge in [-0.15, -0.1) is 0 Å². The van der Waals surface area contributed by atoms with Crippen molar-refractivity contribution in [3.63, 3.8) is 0 Å². The molecule has 3 nitrogen and oxygen atoms in total. The Morgan fingerprint density at radius 3 is 2.80 bits per heavy atom. The second kappa shape index (κ2) is 3.82. The summed E-state index contributed by atoms with van der Waals surface area (Å²) in [7, 11) is 0. The van der Waals surface area contributed by atoms with Crippen LogP contribution in [0.5, 0.6) is 0 Å². The highest BCUT2D eigenvalue weighted by molar-refractivity contribution is 6.31. The van der Waals surface area contributed by atoms with E-state index in [4.69, 9.17) is 17.3 Å². The molecule has 2 aromatic rings. The molecule has 0 amide bonds. The van der Waals surface area contributed by atoms with Gasteiger partial charge in [-0.05, 0) is 12.1 Å². The molecule has 0 aliphatic rings. The van der Waals surface area contributed by atoms with Crippen LogP contribution in [-0.2, 0) is 0 Å². The molecule has 5 heteroatoms. The van der Waals surface area contributed by atoms with Crippen molar-refractivity contribution in [3.05, 3.63) is 41.4 Å². The van der Waals surface area contributed by atoms with Gasteiger partial charge in [0.15, 0.2) is 5.15 Å². The molecule has 0 saturated carbocycles. The Bertz CT molecular complexity index is 502. The van der Waals surface area contributed by atoms with Crippen LogP contribution in [0.4, 0.5) is 10.2 Å². The minimum Gasteiger partial charge on any atom is -0.382 e. The van der Waals surface area contributed by atoms with Crippen molar-refractivity contribution < 1.29 is 4.39 Å². The monoisotopic (exact) mass is 223 g/mol. The summed E-state index contributed by atoms with van der Waals surface area (Å²) < 4.78 is 12.9. The van der Waals surface area contributed by atoms with Crippen molar-refractivity contribution in [2.75, 3.05) is 5.73 Å². The molecule has 0 spiro atoms. The average Bonchev–Trinajstić information content (AvgIpc) is 2.17. The van der Waals surface area contributed by atoms with Gasteiger partial charge in [-0.3, -0.25) is 0 Å². The first-order valence-corrected chi connectivity index (χ1v) is 4.58. The number of nitrogens with two attached hydrogens (primary N) is 1. The number of nitrogens with zero attached hydrogens (tertiary/aromatic N) is 2. The van der Waals surface area contributed by atoms with Crippen LogP contribution in [0.1, 0.15) is 0 Å². The smallest absolute Gasteiger partial charge is 0.157 e. The fourth-order valence-electron chi connectivity index (χ4n) is 1.21. The minimum absolute atomic E-state index is 0.167. The maximum Gasteiger partial charge on any atom is 0.157 e. The van der Waals surface area contributed by atoms with Crippen molar-refractivity contribution in [2.45, 2.75) is 0 Å². The predicted molar refractivity (Wildman–Crippen MR) is 56.8 cm³/mol. The van der Waals surface area contributed by atoms with E-state index in [-0.39, 0.29) is 16.8 Å². The van der Waals surface area contributed by atoms with Gasteiger partial charge in [0, 0.05) is 5.56 Å². The fraction of sp³-hybridized carbons (Fsp3) is 0. The molecule has 0 bridgehead atoms. The van der Waals surface area contributed by atoms with Gasteiger partial charge in [0.1, 0.15) is 17.3 Å². The largest absolute Gasteiger partial charge is 0.382 e. The van der Waals surface area contributed by atoms with E-state index in [1.54, 1.807) is 12.1 Å². The molecular formula is C10H7ClFN3. The third kappa shape index (κ3) is 2.05. The first-order valence-electron chi connectivity index (χ1n) is 4.21. The van der Waals surface area contributed by atoms with Gasteiger partial charge in [0.2, 0.25) is 0 Å². The number of nitrogen functional groups attached to an aromatic ring is 1. The molecule has 0 aliphatic heterocycles. The van der Waals surface area contributed by atoms with Crippen LogP contribution < -0.4 is 5.73 Å². The first kappa shape index (κ1) is 9.86. The zero-order valence-electron chi connectivity index (χ0n) is 7.61. The van der Waals surface area contributed by atoms with Crippen LogP contribution in [0.15, 0.2) is 30.5 Å². The number of hydrogen-bond donors (Lipinski definition) is 1.